The molecule has 2 nitrogen and oxygen atoms in total. The lowest BCUT2D eigenvalue weighted by molar-refractivity contribution is 0.0951. The molecule has 5 atom stereocenters. The minimum atomic E-state index is -0.150. The maximum absolute atomic E-state index is 10.3. The molecular formula is C19H29NO. The number of nitrogens with one attached hydrogen (secondary N) is 1. The van der Waals surface area contributed by atoms with E-state index >= 15 is 0 Å². The molecule has 2 N–H and O–H groups in total. The van der Waals surface area contributed by atoms with Crippen LogP contribution in [0.4, 0.5) is 0 Å². The molecule has 5 unspecified atom stereocenters. The van der Waals surface area contributed by atoms with Crippen LogP contribution in [0, 0.1) is 5.92 Å². The number of aliphatic hydroxyl groups is 1. The fourth-order valence-corrected chi connectivity index (χ4v) is 4.47. The molecule has 0 aromatic heterocycles. The summed E-state index contributed by atoms with van der Waals surface area (Å²) in [5.74, 6) is 1.35. The van der Waals surface area contributed by atoms with Crippen molar-refractivity contribution in [2.24, 2.45) is 5.92 Å². The van der Waals surface area contributed by atoms with Crippen molar-refractivity contribution >= 4 is 0 Å². The molecule has 0 heterocycles. The third-order valence-corrected chi connectivity index (χ3v) is 5.59. The van der Waals surface area contributed by atoms with Crippen LogP contribution in [0.25, 0.3) is 0 Å². The molecule has 0 bridgehead atoms. The molecular weight excluding hydrogens is 258 g/mol. The van der Waals surface area contributed by atoms with Gasteiger partial charge in [0.1, 0.15) is 0 Å². The van der Waals surface area contributed by atoms with Gasteiger partial charge in [0, 0.05) is 12.1 Å². The van der Waals surface area contributed by atoms with Crippen molar-refractivity contribution in [2.45, 2.75) is 76.0 Å². The average molecular weight is 287 g/mol. The summed E-state index contributed by atoms with van der Waals surface area (Å²) in [7, 11) is 0. The van der Waals surface area contributed by atoms with E-state index in [1.54, 1.807) is 0 Å². The van der Waals surface area contributed by atoms with E-state index in [4.69, 9.17) is 0 Å². The van der Waals surface area contributed by atoms with Crippen molar-refractivity contribution in [1.29, 1.82) is 0 Å². The van der Waals surface area contributed by atoms with Crippen LogP contribution in [0.3, 0.4) is 0 Å². The topological polar surface area (TPSA) is 32.3 Å². The Morgan fingerprint density at radius 1 is 1.10 bits per heavy atom. The summed E-state index contributed by atoms with van der Waals surface area (Å²) in [6.45, 7) is 2.31. The largest absolute Gasteiger partial charge is 0.393 e. The summed E-state index contributed by atoms with van der Waals surface area (Å²) in [4.78, 5) is 0. The van der Waals surface area contributed by atoms with Crippen LogP contribution < -0.4 is 5.32 Å². The summed E-state index contributed by atoms with van der Waals surface area (Å²) in [6.07, 6.45) is 8.23. The van der Waals surface area contributed by atoms with Gasteiger partial charge in [-0.15, -0.1) is 0 Å². The highest BCUT2D eigenvalue weighted by Gasteiger charge is 2.33. The summed E-state index contributed by atoms with van der Waals surface area (Å²) in [5, 5.41) is 14.2. The zero-order valence-corrected chi connectivity index (χ0v) is 13.2. The summed E-state index contributed by atoms with van der Waals surface area (Å²) in [5.41, 5.74) is 1.39. The molecule has 3 rings (SSSR count). The van der Waals surface area contributed by atoms with Crippen LogP contribution in [0.2, 0.25) is 0 Å². The van der Waals surface area contributed by atoms with E-state index in [0.29, 0.717) is 18.0 Å². The molecule has 21 heavy (non-hydrogen) atoms. The van der Waals surface area contributed by atoms with Crippen LogP contribution in [-0.4, -0.2) is 23.3 Å². The van der Waals surface area contributed by atoms with Crippen LogP contribution in [-0.2, 0) is 0 Å². The normalized spacial score (nSPS) is 36.8. The zero-order valence-electron chi connectivity index (χ0n) is 13.2. The molecule has 2 aliphatic carbocycles. The van der Waals surface area contributed by atoms with E-state index < -0.39 is 0 Å². The van der Waals surface area contributed by atoms with Crippen molar-refractivity contribution in [3.05, 3.63) is 35.9 Å². The second-order valence-corrected chi connectivity index (χ2v) is 7.04. The summed E-state index contributed by atoms with van der Waals surface area (Å²) in [6, 6.07) is 11.9. The van der Waals surface area contributed by atoms with Crippen LogP contribution in [0.15, 0.2) is 30.3 Å². The molecule has 2 heteroatoms. The Morgan fingerprint density at radius 2 is 1.90 bits per heavy atom. The van der Waals surface area contributed by atoms with Gasteiger partial charge in [0.25, 0.3) is 0 Å². The van der Waals surface area contributed by atoms with E-state index in [1.807, 2.05) is 0 Å². The van der Waals surface area contributed by atoms with Crippen LogP contribution in [0.1, 0.15) is 63.4 Å². The van der Waals surface area contributed by atoms with Gasteiger partial charge >= 0.3 is 0 Å². The molecule has 0 spiro atoms. The smallest absolute Gasteiger partial charge is 0.0561 e. The van der Waals surface area contributed by atoms with Gasteiger partial charge in [-0.25, -0.2) is 0 Å². The number of hydrogen-bond donors (Lipinski definition) is 2. The van der Waals surface area contributed by atoms with Crippen LogP contribution >= 0.6 is 0 Å². The van der Waals surface area contributed by atoms with Crippen LogP contribution in [0.5, 0.6) is 0 Å². The molecule has 2 aliphatic rings. The standard InChI is InChI=1S/C19H29NO/c1-2-14-9-6-10-19(14)20-17-11-16(12-18(21)13-17)15-7-4-3-5-8-15/h3-5,7-8,14,16-21H,2,6,9-13H2,1H3. The highest BCUT2D eigenvalue weighted by Crippen LogP contribution is 2.35. The van der Waals surface area contributed by atoms with E-state index in [0.717, 1.165) is 18.8 Å². The van der Waals surface area contributed by atoms with Crippen molar-refractivity contribution in [2.75, 3.05) is 0 Å². The van der Waals surface area contributed by atoms with Gasteiger partial charge in [0.05, 0.1) is 6.10 Å². The van der Waals surface area contributed by atoms with Crippen molar-refractivity contribution in [3.63, 3.8) is 0 Å². The van der Waals surface area contributed by atoms with E-state index in [1.165, 1.54) is 37.7 Å². The molecule has 1 aromatic carbocycles. The second kappa shape index (κ2) is 6.93. The Morgan fingerprint density at radius 3 is 2.67 bits per heavy atom. The van der Waals surface area contributed by atoms with Gasteiger partial charge in [-0.1, -0.05) is 50.1 Å². The molecule has 2 fully saturated rings. The van der Waals surface area contributed by atoms with Crippen molar-refractivity contribution in [1.82, 2.24) is 5.32 Å². The summed E-state index contributed by atoms with van der Waals surface area (Å²) < 4.78 is 0. The minimum Gasteiger partial charge on any atom is -0.393 e. The third-order valence-electron chi connectivity index (χ3n) is 5.59. The Labute approximate surface area is 129 Å². The minimum absolute atomic E-state index is 0.150. The first-order chi connectivity index (χ1) is 10.3. The predicted molar refractivity (Wildman–Crippen MR) is 87.4 cm³/mol. The van der Waals surface area contributed by atoms with Gasteiger partial charge in [0.2, 0.25) is 0 Å². The molecule has 0 saturated heterocycles. The first-order valence-corrected chi connectivity index (χ1v) is 8.75. The lowest BCUT2D eigenvalue weighted by Gasteiger charge is -2.36. The quantitative estimate of drug-likeness (QED) is 0.881. The van der Waals surface area contributed by atoms with Gasteiger partial charge in [-0.05, 0) is 49.5 Å². The van der Waals surface area contributed by atoms with Gasteiger partial charge in [0.15, 0.2) is 0 Å². The Hall–Kier alpha value is -0.860. The Kier molecular flexibility index (Phi) is 4.97. The number of rotatable bonds is 4. The highest BCUT2D eigenvalue weighted by atomic mass is 16.3. The molecule has 0 amide bonds. The van der Waals surface area contributed by atoms with Gasteiger partial charge < -0.3 is 10.4 Å². The fraction of sp³-hybridized carbons (Fsp3) is 0.684. The summed E-state index contributed by atoms with van der Waals surface area (Å²) >= 11 is 0. The highest BCUT2D eigenvalue weighted by molar-refractivity contribution is 5.20. The SMILES string of the molecule is CCC1CCCC1NC1CC(O)CC(c2ccccc2)C1. The molecule has 0 radical (unpaired) electrons. The maximum Gasteiger partial charge on any atom is 0.0561 e. The lowest BCUT2D eigenvalue weighted by Crippen LogP contribution is -2.45. The molecule has 1 aromatic rings. The van der Waals surface area contributed by atoms with Crippen molar-refractivity contribution < 1.29 is 5.11 Å². The third kappa shape index (κ3) is 3.67. The first kappa shape index (κ1) is 15.1. The van der Waals surface area contributed by atoms with Gasteiger partial charge in [-0.2, -0.15) is 0 Å². The monoisotopic (exact) mass is 287 g/mol. The molecule has 2 saturated carbocycles. The number of benzene rings is 1. The average Bonchev–Trinajstić information content (AvgIpc) is 2.95. The molecule has 0 aliphatic heterocycles. The Bertz CT molecular complexity index is 432. The van der Waals surface area contributed by atoms with Crippen molar-refractivity contribution in [3.8, 4) is 0 Å². The predicted octanol–water partition coefficient (Wildman–Crippen LogP) is 3.85. The van der Waals surface area contributed by atoms with E-state index in [2.05, 4.69) is 42.6 Å². The van der Waals surface area contributed by atoms with Gasteiger partial charge in [-0.3, -0.25) is 0 Å². The fourth-order valence-electron chi connectivity index (χ4n) is 4.47. The lowest BCUT2D eigenvalue weighted by atomic mass is 9.79. The molecule has 116 valence electrons. The number of hydrogen-bond acceptors (Lipinski definition) is 2. The van der Waals surface area contributed by atoms with E-state index in [9.17, 15) is 5.11 Å². The van der Waals surface area contributed by atoms with E-state index in [-0.39, 0.29) is 6.10 Å². The number of aliphatic hydroxyl groups excluding tert-OH is 1. The second-order valence-electron chi connectivity index (χ2n) is 7.04. The Balaban J connectivity index is 1.63. The zero-order chi connectivity index (χ0) is 14.7. The first-order valence-electron chi connectivity index (χ1n) is 8.75. The maximum atomic E-state index is 10.3.